The molecule has 0 radical (unpaired) electrons. The van der Waals surface area contributed by atoms with Crippen LogP contribution >= 0.6 is 0 Å². The largest absolute Gasteiger partial charge is 0.353 e. The summed E-state index contributed by atoms with van der Waals surface area (Å²) in [6, 6.07) is 10.8. The molecule has 0 bridgehead atoms. The zero-order valence-electron chi connectivity index (χ0n) is 14.1. The lowest BCUT2D eigenvalue weighted by Gasteiger charge is -2.09. The molecular formula is C19H15FN2O3S. The van der Waals surface area contributed by atoms with Crippen molar-refractivity contribution in [3.8, 4) is 11.1 Å². The number of H-pyrrole nitrogens is 2. The summed E-state index contributed by atoms with van der Waals surface area (Å²) in [7, 11) is -3.39. The van der Waals surface area contributed by atoms with Gasteiger partial charge in [0.05, 0.1) is 15.9 Å². The van der Waals surface area contributed by atoms with Gasteiger partial charge in [0.25, 0.3) is 5.56 Å². The number of sulfone groups is 1. The monoisotopic (exact) mass is 370 g/mol. The summed E-state index contributed by atoms with van der Waals surface area (Å²) in [4.78, 5) is 18.6. The average molecular weight is 370 g/mol. The van der Waals surface area contributed by atoms with E-state index in [1.54, 1.807) is 31.2 Å². The molecule has 0 aliphatic rings. The van der Waals surface area contributed by atoms with E-state index in [1.165, 1.54) is 18.2 Å². The molecule has 0 aliphatic carbocycles. The molecule has 132 valence electrons. The zero-order chi connectivity index (χ0) is 18.6. The Morgan fingerprint density at radius 3 is 2.50 bits per heavy atom. The second-order valence-corrected chi connectivity index (χ2v) is 8.33. The van der Waals surface area contributed by atoms with Crippen LogP contribution in [-0.2, 0) is 9.84 Å². The van der Waals surface area contributed by atoms with E-state index in [0.29, 0.717) is 38.6 Å². The summed E-state index contributed by atoms with van der Waals surface area (Å²) in [5, 5.41) is 0.567. The topological polar surface area (TPSA) is 82.8 Å². The molecule has 0 fully saturated rings. The van der Waals surface area contributed by atoms with Crippen molar-refractivity contribution in [1.29, 1.82) is 0 Å². The van der Waals surface area contributed by atoms with Crippen LogP contribution in [0, 0.1) is 12.7 Å². The van der Waals surface area contributed by atoms with Crippen LogP contribution in [0.3, 0.4) is 0 Å². The van der Waals surface area contributed by atoms with Crippen LogP contribution in [-0.4, -0.2) is 24.6 Å². The fraction of sp³-hybridized carbons (Fsp3) is 0.105. The van der Waals surface area contributed by atoms with Gasteiger partial charge in [-0.2, -0.15) is 0 Å². The molecule has 2 N–H and O–H groups in total. The third kappa shape index (κ3) is 2.52. The van der Waals surface area contributed by atoms with Gasteiger partial charge in [0.1, 0.15) is 5.82 Å². The molecule has 0 unspecified atom stereocenters. The Labute approximate surface area is 148 Å². The van der Waals surface area contributed by atoms with E-state index < -0.39 is 15.7 Å². The number of aromatic nitrogens is 2. The maximum absolute atomic E-state index is 13.7. The molecule has 5 nitrogen and oxygen atoms in total. The number of benzene rings is 2. The lowest BCUT2D eigenvalue weighted by molar-refractivity contribution is 0.602. The van der Waals surface area contributed by atoms with Crippen LogP contribution in [0.25, 0.3) is 33.1 Å². The van der Waals surface area contributed by atoms with Crippen molar-refractivity contribution in [2.45, 2.75) is 11.8 Å². The second kappa shape index (κ2) is 5.54. The standard InChI is InChI=1S/C19H15FN2O3S/c1-10-16(11-4-3-5-13(8-11)26(2,24)25)18-17(22-19(10)23)14-9-12(20)6-7-15(14)21-18/h3-9,21H,1-2H3,(H,22,23). The van der Waals surface area contributed by atoms with Crippen molar-refractivity contribution in [3.05, 3.63) is 64.2 Å². The first kappa shape index (κ1) is 16.5. The highest BCUT2D eigenvalue weighted by molar-refractivity contribution is 7.90. The van der Waals surface area contributed by atoms with Gasteiger partial charge in [-0.25, -0.2) is 12.8 Å². The molecule has 2 heterocycles. The van der Waals surface area contributed by atoms with Gasteiger partial charge in [-0.1, -0.05) is 12.1 Å². The molecule has 4 aromatic rings. The predicted molar refractivity (Wildman–Crippen MR) is 99.7 cm³/mol. The summed E-state index contributed by atoms with van der Waals surface area (Å²) in [6.45, 7) is 1.67. The molecule has 0 amide bonds. The predicted octanol–water partition coefficient (Wildman–Crippen LogP) is 3.53. The fourth-order valence-electron chi connectivity index (χ4n) is 3.23. The van der Waals surface area contributed by atoms with E-state index in [1.807, 2.05) is 0 Å². The summed E-state index contributed by atoms with van der Waals surface area (Å²) < 4.78 is 37.4. The molecule has 0 saturated carbocycles. The minimum absolute atomic E-state index is 0.171. The Morgan fingerprint density at radius 1 is 1.00 bits per heavy atom. The third-order valence-electron chi connectivity index (χ3n) is 4.52. The van der Waals surface area contributed by atoms with Crippen molar-refractivity contribution in [2.75, 3.05) is 6.26 Å². The number of pyridine rings is 1. The Morgan fingerprint density at radius 2 is 1.77 bits per heavy atom. The maximum atomic E-state index is 13.7. The fourth-order valence-corrected chi connectivity index (χ4v) is 3.90. The Bertz CT molecular complexity index is 1350. The van der Waals surface area contributed by atoms with Crippen molar-refractivity contribution in [3.63, 3.8) is 0 Å². The average Bonchev–Trinajstić information content (AvgIpc) is 2.92. The lowest BCUT2D eigenvalue weighted by atomic mass is 10.0. The molecular weight excluding hydrogens is 355 g/mol. The molecule has 4 rings (SSSR count). The zero-order valence-corrected chi connectivity index (χ0v) is 14.9. The van der Waals surface area contributed by atoms with Crippen LogP contribution in [0.2, 0.25) is 0 Å². The summed E-state index contributed by atoms with van der Waals surface area (Å²) in [6.07, 6.45) is 1.14. The van der Waals surface area contributed by atoms with Gasteiger partial charge >= 0.3 is 0 Å². The molecule has 7 heteroatoms. The van der Waals surface area contributed by atoms with E-state index in [0.717, 1.165) is 6.26 Å². The smallest absolute Gasteiger partial charge is 0.252 e. The summed E-state index contributed by atoms with van der Waals surface area (Å²) in [5.74, 6) is -0.402. The lowest BCUT2D eigenvalue weighted by Crippen LogP contribution is -2.11. The molecule has 2 aromatic carbocycles. The van der Waals surface area contributed by atoms with Crippen LogP contribution in [0.1, 0.15) is 5.56 Å². The number of halogens is 1. The quantitative estimate of drug-likeness (QED) is 0.566. The van der Waals surface area contributed by atoms with Crippen molar-refractivity contribution < 1.29 is 12.8 Å². The summed E-state index contributed by atoms with van der Waals surface area (Å²) in [5.41, 5.74) is 3.17. The van der Waals surface area contributed by atoms with Gasteiger partial charge in [0.15, 0.2) is 9.84 Å². The summed E-state index contributed by atoms with van der Waals surface area (Å²) >= 11 is 0. The maximum Gasteiger partial charge on any atom is 0.252 e. The van der Waals surface area contributed by atoms with E-state index in [-0.39, 0.29) is 10.5 Å². The number of hydrogen-bond acceptors (Lipinski definition) is 3. The van der Waals surface area contributed by atoms with Crippen LogP contribution in [0.5, 0.6) is 0 Å². The molecule has 0 atom stereocenters. The van der Waals surface area contributed by atoms with Gasteiger partial charge in [-0.15, -0.1) is 0 Å². The van der Waals surface area contributed by atoms with Crippen LogP contribution < -0.4 is 5.56 Å². The van der Waals surface area contributed by atoms with Gasteiger partial charge < -0.3 is 9.97 Å². The SMILES string of the molecule is Cc1c(-c2cccc(S(C)(=O)=O)c2)c2[nH]c3ccc(F)cc3c2[nH]c1=O. The van der Waals surface area contributed by atoms with E-state index >= 15 is 0 Å². The molecule has 0 saturated heterocycles. The first-order chi connectivity index (χ1) is 12.3. The highest BCUT2D eigenvalue weighted by Crippen LogP contribution is 2.33. The highest BCUT2D eigenvalue weighted by atomic mass is 32.2. The van der Waals surface area contributed by atoms with E-state index in [2.05, 4.69) is 9.97 Å². The first-order valence-corrected chi connectivity index (χ1v) is 9.79. The third-order valence-corrected chi connectivity index (χ3v) is 5.63. The number of rotatable bonds is 2. The van der Waals surface area contributed by atoms with Crippen LogP contribution in [0.15, 0.2) is 52.2 Å². The van der Waals surface area contributed by atoms with Crippen LogP contribution in [0.4, 0.5) is 4.39 Å². The molecule has 26 heavy (non-hydrogen) atoms. The van der Waals surface area contributed by atoms with Crippen molar-refractivity contribution in [2.24, 2.45) is 0 Å². The van der Waals surface area contributed by atoms with E-state index in [9.17, 15) is 17.6 Å². The van der Waals surface area contributed by atoms with Gasteiger partial charge in [0.2, 0.25) is 0 Å². The first-order valence-electron chi connectivity index (χ1n) is 7.90. The number of nitrogens with one attached hydrogen (secondary N) is 2. The number of hydrogen-bond donors (Lipinski definition) is 2. The van der Waals surface area contributed by atoms with Gasteiger partial charge in [0, 0.05) is 28.3 Å². The Hall–Kier alpha value is -2.93. The Balaban J connectivity index is 2.14. The normalized spacial score (nSPS) is 12.1. The van der Waals surface area contributed by atoms with E-state index in [4.69, 9.17) is 0 Å². The van der Waals surface area contributed by atoms with Gasteiger partial charge in [-0.05, 0) is 42.8 Å². The molecule has 0 aliphatic heterocycles. The molecule has 2 aromatic heterocycles. The van der Waals surface area contributed by atoms with Gasteiger partial charge in [-0.3, -0.25) is 4.79 Å². The van der Waals surface area contributed by atoms with Crippen molar-refractivity contribution >= 4 is 31.8 Å². The molecule has 0 spiro atoms. The Kier molecular flexibility index (Phi) is 3.52. The highest BCUT2D eigenvalue weighted by Gasteiger charge is 2.17. The number of fused-ring (bicyclic) bond motifs is 3. The van der Waals surface area contributed by atoms with Crippen molar-refractivity contribution in [1.82, 2.24) is 9.97 Å². The second-order valence-electron chi connectivity index (χ2n) is 6.32. The minimum Gasteiger partial charge on any atom is -0.353 e. The minimum atomic E-state index is -3.39. The number of aromatic amines is 2.